The molecule has 0 amide bonds. The monoisotopic (exact) mass is 239 g/mol. The molecule has 0 atom stereocenters. The Morgan fingerprint density at radius 1 is 1.19 bits per heavy atom. The van der Waals surface area contributed by atoms with Crippen LogP contribution < -0.4 is 0 Å². The van der Waals surface area contributed by atoms with E-state index in [2.05, 4.69) is 0 Å². The molecule has 0 aromatic heterocycles. The average molecular weight is 239 g/mol. The molecular weight excluding hydrogens is 222 g/mol. The number of aryl methyl sites for hydroxylation is 1. The Balaban J connectivity index is 2.42. The van der Waals surface area contributed by atoms with Crippen molar-refractivity contribution < 1.29 is 8.42 Å². The molecule has 88 valence electrons. The lowest BCUT2D eigenvalue weighted by molar-refractivity contribution is 0.476. The lowest BCUT2D eigenvalue weighted by Crippen LogP contribution is -2.28. The molecule has 3 nitrogen and oxygen atoms in total. The van der Waals surface area contributed by atoms with Gasteiger partial charge in [0.1, 0.15) is 0 Å². The first-order valence-corrected chi connectivity index (χ1v) is 7.18. The van der Waals surface area contributed by atoms with Crippen molar-refractivity contribution in [2.45, 2.75) is 31.1 Å². The van der Waals surface area contributed by atoms with Crippen molar-refractivity contribution in [1.29, 1.82) is 0 Å². The quantitative estimate of drug-likeness (QED) is 0.809. The zero-order valence-electron chi connectivity index (χ0n) is 9.52. The van der Waals surface area contributed by atoms with Gasteiger partial charge in [0.05, 0.1) is 4.90 Å². The molecule has 16 heavy (non-hydrogen) atoms. The molecule has 1 aliphatic rings. The fourth-order valence-electron chi connectivity index (χ4n) is 2.12. The number of sulfonamides is 1. The number of rotatable bonds is 3. The number of hydrogen-bond donors (Lipinski definition) is 0. The fourth-order valence-corrected chi connectivity index (χ4v) is 3.93. The maximum Gasteiger partial charge on any atom is 0.243 e. The van der Waals surface area contributed by atoms with Crippen molar-refractivity contribution in [3.05, 3.63) is 29.8 Å². The molecule has 4 heteroatoms. The van der Waals surface area contributed by atoms with Gasteiger partial charge >= 0.3 is 0 Å². The molecule has 1 aliphatic heterocycles. The summed E-state index contributed by atoms with van der Waals surface area (Å²) in [6.07, 6.45) is 2.71. The van der Waals surface area contributed by atoms with Crippen LogP contribution in [0.4, 0.5) is 0 Å². The molecule has 0 radical (unpaired) electrons. The van der Waals surface area contributed by atoms with Crippen LogP contribution in [0.25, 0.3) is 0 Å². The molecule has 1 fully saturated rings. The van der Waals surface area contributed by atoms with Crippen LogP contribution >= 0.6 is 0 Å². The molecule has 0 N–H and O–H groups in total. The molecule has 0 saturated carbocycles. The van der Waals surface area contributed by atoms with Crippen molar-refractivity contribution in [1.82, 2.24) is 4.31 Å². The van der Waals surface area contributed by atoms with Crippen LogP contribution in [0.2, 0.25) is 0 Å². The van der Waals surface area contributed by atoms with Crippen molar-refractivity contribution >= 4 is 10.0 Å². The fraction of sp³-hybridized carbons (Fsp3) is 0.500. The summed E-state index contributed by atoms with van der Waals surface area (Å²) in [7, 11) is -3.25. The van der Waals surface area contributed by atoms with Gasteiger partial charge in [-0.05, 0) is 30.9 Å². The van der Waals surface area contributed by atoms with E-state index in [0.29, 0.717) is 18.0 Å². The van der Waals surface area contributed by atoms with Gasteiger partial charge in [-0.1, -0.05) is 25.1 Å². The molecule has 1 aromatic carbocycles. The second-order valence-electron chi connectivity index (χ2n) is 4.07. The van der Waals surface area contributed by atoms with E-state index in [-0.39, 0.29) is 0 Å². The average Bonchev–Trinajstić information content (AvgIpc) is 2.83. The largest absolute Gasteiger partial charge is 0.243 e. The number of hydrogen-bond acceptors (Lipinski definition) is 2. The standard InChI is InChI=1S/C12H17NO2S/c1-2-11-7-3-4-8-12(11)16(14,15)13-9-5-6-10-13/h3-4,7-8H,2,5-6,9-10H2,1H3. The van der Waals surface area contributed by atoms with E-state index in [4.69, 9.17) is 0 Å². The van der Waals surface area contributed by atoms with Crippen molar-refractivity contribution in [3.8, 4) is 0 Å². The maximum atomic E-state index is 12.3. The Labute approximate surface area is 97.1 Å². The van der Waals surface area contributed by atoms with Crippen LogP contribution in [-0.4, -0.2) is 25.8 Å². The lowest BCUT2D eigenvalue weighted by Gasteiger charge is -2.17. The Hall–Kier alpha value is -0.870. The molecule has 1 saturated heterocycles. The summed E-state index contributed by atoms with van der Waals surface area (Å²) in [5, 5.41) is 0. The van der Waals surface area contributed by atoms with E-state index >= 15 is 0 Å². The smallest absolute Gasteiger partial charge is 0.207 e. The first-order valence-electron chi connectivity index (χ1n) is 5.74. The van der Waals surface area contributed by atoms with Crippen LogP contribution in [0.5, 0.6) is 0 Å². The van der Waals surface area contributed by atoms with Crippen LogP contribution in [-0.2, 0) is 16.4 Å². The minimum atomic E-state index is -3.25. The van der Waals surface area contributed by atoms with E-state index in [0.717, 1.165) is 24.8 Å². The van der Waals surface area contributed by atoms with Gasteiger partial charge in [-0.15, -0.1) is 0 Å². The summed E-state index contributed by atoms with van der Waals surface area (Å²) in [6, 6.07) is 7.29. The molecule has 2 rings (SSSR count). The SMILES string of the molecule is CCc1ccccc1S(=O)(=O)N1CCCC1. The summed E-state index contributed by atoms with van der Waals surface area (Å²) < 4.78 is 26.3. The summed E-state index contributed by atoms with van der Waals surface area (Å²) in [6.45, 7) is 3.32. The summed E-state index contributed by atoms with van der Waals surface area (Å²) >= 11 is 0. The van der Waals surface area contributed by atoms with Gasteiger partial charge in [0, 0.05) is 13.1 Å². The molecular formula is C12H17NO2S. The van der Waals surface area contributed by atoms with Crippen LogP contribution in [0.1, 0.15) is 25.3 Å². The van der Waals surface area contributed by atoms with Crippen LogP contribution in [0.15, 0.2) is 29.2 Å². The Morgan fingerprint density at radius 2 is 1.81 bits per heavy atom. The maximum absolute atomic E-state index is 12.3. The Kier molecular flexibility index (Phi) is 3.30. The van der Waals surface area contributed by atoms with Crippen molar-refractivity contribution in [3.63, 3.8) is 0 Å². The van der Waals surface area contributed by atoms with Gasteiger partial charge in [0.15, 0.2) is 0 Å². The minimum absolute atomic E-state index is 0.486. The van der Waals surface area contributed by atoms with E-state index in [9.17, 15) is 8.42 Å². The zero-order chi connectivity index (χ0) is 11.6. The van der Waals surface area contributed by atoms with Gasteiger partial charge < -0.3 is 0 Å². The van der Waals surface area contributed by atoms with Crippen LogP contribution in [0.3, 0.4) is 0 Å². The molecule has 1 heterocycles. The summed E-state index contributed by atoms with van der Waals surface area (Å²) in [5.41, 5.74) is 0.911. The highest BCUT2D eigenvalue weighted by Gasteiger charge is 2.28. The van der Waals surface area contributed by atoms with Gasteiger partial charge in [0.2, 0.25) is 10.0 Å². The number of benzene rings is 1. The third-order valence-corrected chi connectivity index (χ3v) is 5.04. The first-order chi connectivity index (χ1) is 7.66. The predicted molar refractivity (Wildman–Crippen MR) is 63.8 cm³/mol. The first kappa shape index (κ1) is 11.6. The highest BCUT2D eigenvalue weighted by molar-refractivity contribution is 7.89. The second-order valence-corrected chi connectivity index (χ2v) is 5.98. The van der Waals surface area contributed by atoms with Gasteiger partial charge in [0.25, 0.3) is 0 Å². The second kappa shape index (κ2) is 4.55. The van der Waals surface area contributed by atoms with Gasteiger partial charge in [-0.2, -0.15) is 4.31 Å². The third-order valence-electron chi connectivity index (χ3n) is 3.04. The van der Waals surface area contributed by atoms with E-state index in [1.54, 1.807) is 16.4 Å². The Bertz CT molecular complexity index is 462. The molecule has 0 bridgehead atoms. The highest BCUT2D eigenvalue weighted by atomic mass is 32.2. The lowest BCUT2D eigenvalue weighted by atomic mass is 10.2. The van der Waals surface area contributed by atoms with Crippen molar-refractivity contribution in [2.24, 2.45) is 0 Å². The summed E-state index contributed by atoms with van der Waals surface area (Å²) in [4.78, 5) is 0.486. The Morgan fingerprint density at radius 3 is 2.44 bits per heavy atom. The van der Waals surface area contributed by atoms with Gasteiger partial charge in [-0.3, -0.25) is 0 Å². The third kappa shape index (κ3) is 1.99. The molecule has 1 aromatic rings. The molecule has 0 spiro atoms. The highest BCUT2D eigenvalue weighted by Crippen LogP contribution is 2.23. The van der Waals surface area contributed by atoms with Crippen LogP contribution in [0, 0.1) is 0 Å². The van der Waals surface area contributed by atoms with E-state index in [1.165, 1.54) is 0 Å². The summed E-state index contributed by atoms with van der Waals surface area (Å²) in [5.74, 6) is 0. The molecule has 0 aliphatic carbocycles. The number of nitrogens with zero attached hydrogens (tertiary/aromatic N) is 1. The van der Waals surface area contributed by atoms with Gasteiger partial charge in [-0.25, -0.2) is 8.42 Å². The van der Waals surface area contributed by atoms with E-state index < -0.39 is 10.0 Å². The minimum Gasteiger partial charge on any atom is -0.207 e. The van der Waals surface area contributed by atoms with E-state index in [1.807, 2.05) is 19.1 Å². The van der Waals surface area contributed by atoms with Crippen molar-refractivity contribution in [2.75, 3.05) is 13.1 Å². The predicted octanol–water partition coefficient (Wildman–Crippen LogP) is 2.03. The zero-order valence-corrected chi connectivity index (χ0v) is 10.3. The molecule has 0 unspecified atom stereocenters. The normalized spacial score (nSPS) is 17.8. The topological polar surface area (TPSA) is 37.4 Å².